The number of carbonyl (C=O) groups excluding carboxylic acids is 1. The third-order valence-electron chi connectivity index (χ3n) is 6.69. The predicted octanol–water partition coefficient (Wildman–Crippen LogP) is 4.04. The van der Waals surface area contributed by atoms with Gasteiger partial charge in [0.1, 0.15) is 5.78 Å². The molecule has 2 saturated carbocycles. The summed E-state index contributed by atoms with van der Waals surface area (Å²) < 4.78 is 23.1. The first-order chi connectivity index (χ1) is 10.8. The Balaban J connectivity index is 1.72. The smallest absolute Gasteiger partial charge is 0.261 e. The first-order valence-electron chi connectivity index (χ1n) is 8.41. The minimum atomic E-state index is -3.67. The van der Waals surface area contributed by atoms with Gasteiger partial charge in [0, 0.05) is 22.5 Å². The van der Waals surface area contributed by atoms with Crippen molar-refractivity contribution in [2.75, 3.05) is 0 Å². The summed E-state index contributed by atoms with van der Waals surface area (Å²) >= 11 is 0. The monoisotopic (exact) mass is 352 g/mol. The molecular weight excluding hydrogens is 332 g/mol. The van der Waals surface area contributed by atoms with E-state index in [1.165, 1.54) is 5.56 Å². The zero-order chi connectivity index (χ0) is 16.4. The molecule has 5 heteroatoms. The summed E-state index contributed by atoms with van der Waals surface area (Å²) in [6.07, 6.45) is 5.70. The minimum Gasteiger partial charge on any atom is -0.299 e. The molecule has 23 heavy (non-hydrogen) atoms. The van der Waals surface area contributed by atoms with Crippen LogP contribution in [0.2, 0.25) is 0 Å². The van der Waals surface area contributed by atoms with Gasteiger partial charge in [-0.1, -0.05) is 13.0 Å². The van der Waals surface area contributed by atoms with Gasteiger partial charge < -0.3 is 0 Å². The lowest BCUT2D eigenvalue weighted by atomic mass is 9.55. The summed E-state index contributed by atoms with van der Waals surface area (Å²) in [7, 11) is 1.81. The number of ketones is 1. The molecule has 4 atom stereocenters. The van der Waals surface area contributed by atoms with E-state index in [1.807, 2.05) is 6.07 Å². The van der Waals surface area contributed by atoms with E-state index in [1.54, 1.807) is 12.1 Å². The molecule has 3 aliphatic rings. The average Bonchev–Trinajstić information content (AvgIpc) is 2.81. The fourth-order valence-corrected chi connectivity index (χ4v) is 6.28. The van der Waals surface area contributed by atoms with E-state index in [9.17, 15) is 13.2 Å². The number of rotatable bonds is 1. The van der Waals surface area contributed by atoms with Crippen LogP contribution < -0.4 is 0 Å². The summed E-state index contributed by atoms with van der Waals surface area (Å²) in [5.41, 5.74) is 2.30. The highest BCUT2D eigenvalue weighted by Crippen LogP contribution is 2.59. The predicted molar refractivity (Wildman–Crippen MR) is 89.1 cm³/mol. The third-order valence-corrected chi connectivity index (χ3v) is 8.04. The van der Waals surface area contributed by atoms with Gasteiger partial charge in [0.25, 0.3) is 9.05 Å². The molecule has 2 fully saturated rings. The van der Waals surface area contributed by atoms with Crippen molar-refractivity contribution in [3.63, 3.8) is 0 Å². The van der Waals surface area contributed by atoms with Gasteiger partial charge in [-0.15, -0.1) is 0 Å². The van der Waals surface area contributed by atoms with Gasteiger partial charge in [-0.25, -0.2) is 8.42 Å². The molecule has 0 amide bonds. The molecule has 0 saturated heterocycles. The Morgan fingerprint density at radius 3 is 2.70 bits per heavy atom. The second-order valence-corrected chi connectivity index (χ2v) is 10.2. The lowest BCUT2D eigenvalue weighted by molar-refractivity contribution is -0.129. The van der Waals surface area contributed by atoms with E-state index in [-0.39, 0.29) is 10.3 Å². The van der Waals surface area contributed by atoms with Crippen molar-refractivity contribution in [2.24, 2.45) is 17.3 Å². The average molecular weight is 353 g/mol. The fourth-order valence-electron chi connectivity index (χ4n) is 5.48. The number of halogens is 1. The molecule has 0 heterocycles. The van der Waals surface area contributed by atoms with Gasteiger partial charge in [-0.3, -0.25) is 4.79 Å². The van der Waals surface area contributed by atoms with E-state index in [0.29, 0.717) is 23.5 Å². The molecule has 0 radical (unpaired) electrons. The quantitative estimate of drug-likeness (QED) is 0.717. The molecular formula is C18H21ClO3S. The molecule has 0 aliphatic heterocycles. The van der Waals surface area contributed by atoms with Crippen LogP contribution in [-0.2, 0) is 20.3 Å². The Bertz CT molecular complexity index is 785. The van der Waals surface area contributed by atoms with Crippen molar-refractivity contribution < 1.29 is 13.2 Å². The summed E-state index contributed by atoms with van der Waals surface area (Å²) in [5, 5.41) is 0. The molecule has 124 valence electrons. The lowest BCUT2D eigenvalue weighted by Gasteiger charge is -2.48. The maximum absolute atomic E-state index is 12.3. The maximum Gasteiger partial charge on any atom is 0.261 e. The Labute approximate surface area is 141 Å². The van der Waals surface area contributed by atoms with Crippen LogP contribution in [0.5, 0.6) is 0 Å². The van der Waals surface area contributed by atoms with E-state index in [0.717, 1.165) is 44.1 Å². The van der Waals surface area contributed by atoms with Gasteiger partial charge in [0.15, 0.2) is 0 Å². The number of Topliss-reactive ketones (excluding diaryl/α,β-unsaturated/α-hetero) is 1. The van der Waals surface area contributed by atoms with Gasteiger partial charge in [0.2, 0.25) is 0 Å². The van der Waals surface area contributed by atoms with Crippen molar-refractivity contribution in [3.05, 3.63) is 29.3 Å². The third kappa shape index (κ3) is 2.29. The van der Waals surface area contributed by atoms with Gasteiger partial charge >= 0.3 is 0 Å². The Morgan fingerprint density at radius 2 is 1.96 bits per heavy atom. The number of hydrogen-bond acceptors (Lipinski definition) is 3. The Hall–Kier alpha value is -0.870. The largest absolute Gasteiger partial charge is 0.299 e. The van der Waals surface area contributed by atoms with Gasteiger partial charge in [-0.2, -0.15) is 0 Å². The normalized spacial score (nSPS) is 36.3. The van der Waals surface area contributed by atoms with E-state index in [4.69, 9.17) is 10.7 Å². The maximum atomic E-state index is 12.3. The zero-order valence-corrected chi connectivity index (χ0v) is 14.8. The molecule has 4 rings (SSSR count). The van der Waals surface area contributed by atoms with Crippen molar-refractivity contribution in [3.8, 4) is 0 Å². The van der Waals surface area contributed by atoms with Crippen molar-refractivity contribution in [1.82, 2.24) is 0 Å². The van der Waals surface area contributed by atoms with E-state index >= 15 is 0 Å². The second kappa shape index (κ2) is 5.06. The van der Waals surface area contributed by atoms with Crippen LogP contribution in [0.15, 0.2) is 23.1 Å². The van der Waals surface area contributed by atoms with E-state index in [2.05, 4.69) is 6.92 Å². The second-order valence-electron chi connectivity index (χ2n) is 7.63. The summed E-state index contributed by atoms with van der Waals surface area (Å²) in [5.74, 6) is 1.98. The molecule has 0 bridgehead atoms. The number of carbonyl (C=O) groups is 1. The topological polar surface area (TPSA) is 51.2 Å². The van der Waals surface area contributed by atoms with Crippen LogP contribution >= 0.6 is 10.7 Å². The lowest BCUT2D eigenvalue weighted by Crippen LogP contribution is -2.42. The molecule has 0 N–H and O–H groups in total. The molecule has 4 unspecified atom stereocenters. The number of benzene rings is 1. The van der Waals surface area contributed by atoms with Crippen LogP contribution in [0.1, 0.15) is 56.1 Å². The van der Waals surface area contributed by atoms with Crippen molar-refractivity contribution in [1.29, 1.82) is 0 Å². The molecule has 1 aromatic rings. The van der Waals surface area contributed by atoms with Crippen LogP contribution in [0.3, 0.4) is 0 Å². The van der Waals surface area contributed by atoms with Gasteiger partial charge in [-0.05, 0) is 73.1 Å². The highest BCUT2D eigenvalue weighted by Gasteiger charge is 2.54. The van der Waals surface area contributed by atoms with Crippen LogP contribution in [0, 0.1) is 17.3 Å². The van der Waals surface area contributed by atoms with Crippen molar-refractivity contribution in [2.45, 2.75) is 56.3 Å². The zero-order valence-electron chi connectivity index (χ0n) is 13.2. The summed E-state index contributed by atoms with van der Waals surface area (Å²) in [4.78, 5) is 12.5. The fraction of sp³-hybridized carbons (Fsp3) is 0.611. The number of hydrogen-bond donors (Lipinski definition) is 0. The van der Waals surface area contributed by atoms with Gasteiger partial charge in [0.05, 0.1) is 4.90 Å². The minimum absolute atomic E-state index is 0.113. The molecule has 3 nitrogen and oxygen atoms in total. The first-order valence-corrected chi connectivity index (χ1v) is 10.7. The summed E-state index contributed by atoms with van der Waals surface area (Å²) in [6.45, 7) is 2.17. The SMILES string of the molecule is CC12CCC3c4ccc(S(=O)(=O)Cl)cc4CCC3C1CCC2=O. The van der Waals surface area contributed by atoms with Crippen molar-refractivity contribution >= 4 is 25.5 Å². The number of aryl methyl sites for hydroxylation is 1. The Morgan fingerprint density at radius 1 is 1.17 bits per heavy atom. The van der Waals surface area contributed by atoms with Crippen LogP contribution in [-0.4, -0.2) is 14.2 Å². The Kier molecular flexibility index (Phi) is 3.44. The highest BCUT2D eigenvalue weighted by molar-refractivity contribution is 8.13. The standard InChI is InChI=1S/C18H21ClO3S/c1-18-9-8-14-13-5-3-12(23(19,21)22)10-11(13)2-4-15(14)16(18)6-7-17(18)20/h3,5,10,14-16H,2,4,6-9H2,1H3. The molecule has 0 spiro atoms. The molecule has 0 aromatic heterocycles. The molecule has 1 aromatic carbocycles. The van der Waals surface area contributed by atoms with Crippen LogP contribution in [0.25, 0.3) is 0 Å². The van der Waals surface area contributed by atoms with Crippen LogP contribution in [0.4, 0.5) is 0 Å². The molecule has 3 aliphatic carbocycles. The highest BCUT2D eigenvalue weighted by atomic mass is 35.7. The number of fused-ring (bicyclic) bond motifs is 5. The first kappa shape index (κ1) is 15.6. The van der Waals surface area contributed by atoms with E-state index < -0.39 is 9.05 Å². The summed E-state index contributed by atoms with van der Waals surface area (Å²) in [6, 6.07) is 5.35.